The Morgan fingerprint density at radius 3 is 2.33 bits per heavy atom. The summed E-state index contributed by atoms with van der Waals surface area (Å²) in [6.45, 7) is 11.1. The highest BCUT2D eigenvalue weighted by Gasteiger charge is 2.33. The number of nitrogen functional groups attached to an aromatic ring is 1. The van der Waals surface area contributed by atoms with Crippen LogP contribution in [0.4, 0.5) is 5.82 Å². The van der Waals surface area contributed by atoms with Crippen LogP contribution < -0.4 is 15.9 Å². The lowest BCUT2D eigenvalue weighted by molar-refractivity contribution is -0.149. The Morgan fingerprint density at radius 2 is 1.67 bits per heavy atom. The molecular formula is C25H44N7O6P. The molecule has 2 rings (SSSR count). The zero-order valence-corrected chi connectivity index (χ0v) is 24.8. The maximum Gasteiger partial charge on any atom is 0.323 e. The van der Waals surface area contributed by atoms with Crippen molar-refractivity contribution in [3.05, 3.63) is 12.7 Å². The van der Waals surface area contributed by atoms with Crippen molar-refractivity contribution >= 4 is 36.4 Å². The number of nitrogens with zero attached hydrogens (tertiary/aromatic N) is 4. The first kappa shape index (κ1) is 32.6. The van der Waals surface area contributed by atoms with Crippen LogP contribution in [-0.2, 0) is 34.9 Å². The van der Waals surface area contributed by atoms with Crippen LogP contribution in [0.5, 0.6) is 0 Å². The third kappa shape index (κ3) is 10.8. The number of carbonyl (C=O) groups excluding carboxylic acids is 2. The molecule has 2 aromatic rings. The minimum absolute atomic E-state index is 0.273. The molecule has 39 heavy (non-hydrogen) atoms. The number of imidazole rings is 1. The Labute approximate surface area is 230 Å². The van der Waals surface area contributed by atoms with Gasteiger partial charge in [0.05, 0.1) is 31.7 Å². The number of nitrogens with two attached hydrogens (primary N) is 1. The molecule has 0 aliphatic carbocycles. The van der Waals surface area contributed by atoms with E-state index in [2.05, 4.69) is 32.1 Å². The molecule has 220 valence electrons. The normalized spacial score (nSPS) is 15.6. The molecule has 0 saturated carbocycles. The lowest BCUT2D eigenvalue weighted by Crippen LogP contribution is -2.43. The van der Waals surface area contributed by atoms with Crippen LogP contribution in [0.25, 0.3) is 11.2 Å². The molecule has 14 heteroatoms. The van der Waals surface area contributed by atoms with E-state index in [0.29, 0.717) is 24.3 Å². The summed E-state index contributed by atoms with van der Waals surface area (Å²) in [4.78, 5) is 37.4. The molecule has 0 saturated heterocycles. The number of fused-ring (bicyclic) bond motifs is 1. The fourth-order valence-corrected chi connectivity index (χ4v) is 5.92. The molecule has 0 aliphatic rings. The summed E-state index contributed by atoms with van der Waals surface area (Å²) in [6, 6.07) is -1.81. The van der Waals surface area contributed by atoms with Crippen molar-refractivity contribution < 1.29 is 28.4 Å². The average Bonchev–Trinajstić information content (AvgIpc) is 3.28. The molecule has 0 bridgehead atoms. The molecule has 0 aliphatic heterocycles. The van der Waals surface area contributed by atoms with Crippen LogP contribution in [0.1, 0.15) is 73.6 Å². The van der Waals surface area contributed by atoms with Crippen molar-refractivity contribution in [1.29, 1.82) is 0 Å². The van der Waals surface area contributed by atoms with E-state index in [0.717, 1.165) is 32.1 Å². The van der Waals surface area contributed by atoms with Crippen molar-refractivity contribution in [3.8, 4) is 0 Å². The van der Waals surface area contributed by atoms with Gasteiger partial charge in [-0.2, -0.15) is 0 Å². The van der Waals surface area contributed by atoms with Gasteiger partial charge >= 0.3 is 11.9 Å². The summed E-state index contributed by atoms with van der Waals surface area (Å²) < 4.78 is 32.2. The molecule has 4 N–H and O–H groups in total. The van der Waals surface area contributed by atoms with Gasteiger partial charge in [-0.1, -0.05) is 32.6 Å². The lowest BCUT2D eigenvalue weighted by Gasteiger charge is -2.27. The Balaban J connectivity index is 2.03. The number of anilines is 1. The predicted molar refractivity (Wildman–Crippen MR) is 149 cm³/mol. The standard InChI is InChI=1S/C25H44N7O6P/c1-7-8-9-10-11-12-36-24(33)19(5)30-39(35,31-20(6)25(34)38-17(2)3)16-37-18(4)13-32-15-29-21-22(26)27-14-28-23(21)32/h14-15,17-20H,7-13,16H2,1-6H3,(H2,26,27,28)(H2,30,31,35)/t18-,19-,20+,39-/m1/s1. The molecular weight excluding hydrogens is 525 g/mol. The van der Waals surface area contributed by atoms with Gasteiger partial charge in [-0.3, -0.25) is 14.2 Å². The van der Waals surface area contributed by atoms with E-state index in [4.69, 9.17) is 19.9 Å². The second-order valence-electron chi connectivity index (χ2n) is 9.94. The molecule has 2 heterocycles. The van der Waals surface area contributed by atoms with E-state index in [1.54, 1.807) is 45.5 Å². The maximum absolute atomic E-state index is 13.9. The molecule has 0 fully saturated rings. The second kappa shape index (κ2) is 15.9. The van der Waals surface area contributed by atoms with Crippen LogP contribution >= 0.6 is 7.44 Å². The van der Waals surface area contributed by atoms with Crippen molar-refractivity contribution in [3.63, 3.8) is 0 Å². The fourth-order valence-electron chi connectivity index (χ4n) is 3.77. The molecule has 0 amide bonds. The van der Waals surface area contributed by atoms with Gasteiger partial charge in [-0.15, -0.1) is 0 Å². The summed E-state index contributed by atoms with van der Waals surface area (Å²) in [6.07, 6.45) is 6.99. The smallest absolute Gasteiger partial charge is 0.323 e. The van der Waals surface area contributed by atoms with Crippen LogP contribution in [0.15, 0.2) is 12.7 Å². The molecule has 2 aromatic heterocycles. The molecule has 0 aromatic carbocycles. The monoisotopic (exact) mass is 569 g/mol. The largest absolute Gasteiger partial charge is 0.465 e. The van der Waals surface area contributed by atoms with Gasteiger partial charge < -0.3 is 24.5 Å². The van der Waals surface area contributed by atoms with E-state index < -0.39 is 37.6 Å². The number of carbonyl (C=O) groups is 2. The van der Waals surface area contributed by atoms with Gasteiger partial charge in [0, 0.05) is 0 Å². The SMILES string of the molecule is CCCCCCCOC(=O)[C@@H](C)N[P@](=O)(CO[C@H](C)Cn1cnc2c(N)ncnc21)N[C@@H](C)C(=O)OC(C)C. The fraction of sp³-hybridized carbons (Fsp3) is 0.720. The number of aromatic nitrogens is 4. The van der Waals surface area contributed by atoms with Crippen molar-refractivity contribution in [1.82, 2.24) is 29.7 Å². The number of ether oxygens (including phenoxy) is 3. The van der Waals surface area contributed by atoms with Gasteiger partial charge in [0.25, 0.3) is 0 Å². The molecule has 0 spiro atoms. The van der Waals surface area contributed by atoms with E-state index in [-0.39, 0.29) is 18.3 Å². The predicted octanol–water partition coefficient (Wildman–Crippen LogP) is 3.39. The van der Waals surface area contributed by atoms with Crippen molar-refractivity contribution in [2.24, 2.45) is 0 Å². The third-order valence-corrected chi connectivity index (χ3v) is 7.90. The summed E-state index contributed by atoms with van der Waals surface area (Å²) in [5.74, 6) is -0.820. The number of nitrogens with one attached hydrogen (secondary N) is 2. The van der Waals surface area contributed by atoms with E-state index >= 15 is 0 Å². The zero-order chi connectivity index (χ0) is 29.0. The third-order valence-electron chi connectivity index (χ3n) is 5.78. The van der Waals surface area contributed by atoms with Gasteiger partial charge in [0.2, 0.25) is 7.44 Å². The van der Waals surface area contributed by atoms with Crippen LogP contribution in [-0.4, -0.2) is 68.7 Å². The molecule has 0 radical (unpaired) electrons. The van der Waals surface area contributed by atoms with Crippen LogP contribution in [0, 0.1) is 0 Å². The average molecular weight is 570 g/mol. The highest BCUT2D eigenvalue weighted by molar-refractivity contribution is 7.59. The minimum atomic E-state index is -3.63. The molecule has 13 nitrogen and oxygen atoms in total. The number of unbranched alkanes of at least 4 members (excludes halogenated alkanes) is 4. The first-order chi connectivity index (χ1) is 18.5. The van der Waals surface area contributed by atoms with Gasteiger partial charge in [-0.05, 0) is 41.0 Å². The van der Waals surface area contributed by atoms with Gasteiger partial charge in [0.15, 0.2) is 11.5 Å². The molecule has 4 atom stereocenters. The Hall–Kier alpha value is -2.60. The summed E-state index contributed by atoms with van der Waals surface area (Å²) >= 11 is 0. The molecule has 0 unspecified atom stereocenters. The summed E-state index contributed by atoms with van der Waals surface area (Å²) in [7, 11) is -3.63. The summed E-state index contributed by atoms with van der Waals surface area (Å²) in [5, 5.41) is 5.63. The number of hydrogen-bond acceptors (Lipinski definition) is 10. The first-order valence-corrected chi connectivity index (χ1v) is 15.4. The topological polar surface area (TPSA) is 173 Å². The maximum atomic E-state index is 13.9. The van der Waals surface area contributed by atoms with E-state index in [1.807, 2.05) is 0 Å². The Bertz CT molecular complexity index is 1110. The lowest BCUT2D eigenvalue weighted by atomic mass is 10.2. The Morgan fingerprint density at radius 1 is 1.00 bits per heavy atom. The van der Waals surface area contributed by atoms with Gasteiger partial charge in [-0.25, -0.2) is 25.1 Å². The Kier molecular flexibility index (Phi) is 13.3. The zero-order valence-electron chi connectivity index (χ0n) is 23.9. The second-order valence-corrected chi connectivity index (χ2v) is 12.2. The first-order valence-electron chi connectivity index (χ1n) is 13.5. The van der Waals surface area contributed by atoms with Crippen molar-refractivity contribution in [2.75, 3.05) is 18.7 Å². The minimum Gasteiger partial charge on any atom is -0.465 e. The van der Waals surface area contributed by atoms with Gasteiger partial charge in [0.1, 0.15) is 30.3 Å². The summed E-state index contributed by atoms with van der Waals surface area (Å²) in [5.41, 5.74) is 6.89. The number of rotatable bonds is 18. The van der Waals surface area contributed by atoms with E-state index in [9.17, 15) is 14.2 Å². The van der Waals surface area contributed by atoms with Crippen molar-refractivity contribution in [2.45, 2.75) is 104 Å². The number of esters is 2. The highest BCUT2D eigenvalue weighted by atomic mass is 31.2. The van der Waals surface area contributed by atoms with Crippen LogP contribution in [0.3, 0.4) is 0 Å². The highest BCUT2D eigenvalue weighted by Crippen LogP contribution is 2.38. The van der Waals surface area contributed by atoms with Crippen LogP contribution in [0.2, 0.25) is 0 Å². The quantitative estimate of drug-likeness (QED) is 0.136. The van der Waals surface area contributed by atoms with E-state index in [1.165, 1.54) is 6.33 Å². The number of hydrogen-bond donors (Lipinski definition) is 3.